The van der Waals surface area contributed by atoms with Crippen molar-refractivity contribution in [3.63, 3.8) is 0 Å². The van der Waals surface area contributed by atoms with Crippen LogP contribution in [0.5, 0.6) is 0 Å². The second-order valence-corrected chi connectivity index (χ2v) is 8.97. The van der Waals surface area contributed by atoms with Gasteiger partial charge in [0.2, 0.25) is 15.9 Å². The van der Waals surface area contributed by atoms with Gasteiger partial charge in [-0.1, -0.05) is 30.3 Å². The summed E-state index contributed by atoms with van der Waals surface area (Å²) in [7, 11) is -2.21. The van der Waals surface area contributed by atoms with Crippen LogP contribution in [0, 0.1) is 5.92 Å². The molecular weight excluding hydrogens is 372 g/mol. The highest BCUT2D eigenvalue weighted by molar-refractivity contribution is 7.88. The summed E-state index contributed by atoms with van der Waals surface area (Å²) in [6.07, 6.45) is 1.05. The van der Waals surface area contributed by atoms with Crippen LogP contribution < -0.4 is 5.32 Å². The molecule has 2 N–H and O–H groups in total. The molecule has 2 atom stereocenters. The maximum Gasteiger partial charge on any atom is 0.331 e. The number of carboxylic acid groups (broad SMARTS) is 1. The highest BCUT2D eigenvalue weighted by Gasteiger charge is 2.39. The Morgan fingerprint density at radius 2 is 2.00 bits per heavy atom. The molecule has 1 heterocycles. The molecule has 0 bridgehead atoms. The molecule has 2 unspecified atom stereocenters. The summed E-state index contributed by atoms with van der Waals surface area (Å²) in [5.41, 5.74) is -0.876. The molecule has 1 aliphatic rings. The zero-order valence-electron chi connectivity index (χ0n) is 15.6. The lowest BCUT2D eigenvalue weighted by atomic mass is 9.96. The number of ether oxygens (including phenoxy) is 1. The van der Waals surface area contributed by atoms with Gasteiger partial charge in [0.1, 0.15) is 0 Å². The largest absolute Gasteiger partial charge is 0.479 e. The minimum Gasteiger partial charge on any atom is -0.479 e. The first-order chi connectivity index (χ1) is 12.7. The lowest BCUT2D eigenvalue weighted by Gasteiger charge is -2.33. The minimum atomic E-state index is -3.56. The smallest absolute Gasteiger partial charge is 0.331 e. The number of hydrogen-bond donors (Lipinski definition) is 2. The molecule has 0 aliphatic carbocycles. The van der Waals surface area contributed by atoms with Crippen molar-refractivity contribution in [1.82, 2.24) is 9.62 Å². The number of carboxylic acids is 1. The van der Waals surface area contributed by atoms with Gasteiger partial charge in [0.25, 0.3) is 0 Å². The number of rotatable bonds is 8. The van der Waals surface area contributed by atoms with Gasteiger partial charge in [-0.2, -0.15) is 0 Å². The summed E-state index contributed by atoms with van der Waals surface area (Å²) in [5, 5.41) is 11.9. The van der Waals surface area contributed by atoms with Crippen LogP contribution in [0.3, 0.4) is 0 Å². The van der Waals surface area contributed by atoms with Gasteiger partial charge >= 0.3 is 5.97 Å². The second-order valence-electron chi connectivity index (χ2n) is 7.00. The van der Waals surface area contributed by atoms with Gasteiger partial charge in [0.05, 0.1) is 18.3 Å². The highest BCUT2D eigenvalue weighted by Crippen LogP contribution is 2.22. The molecule has 1 amide bonds. The predicted octanol–water partition coefficient (Wildman–Crippen LogP) is 0.834. The first-order valence-electron chi connectivity index (χ1n) is 8.74. The Labute approximate surface area is 159 Å². The number of benzene rings is 1. The quantitative estimate of drug-likeness (QED) is 0.671. The normalized spacial score (nSPS) is 20.6. The molecule has 0 spiro atoms. The molecule has 1 saturated heterocycles. The third-order valence-electron chi connectivity index (χ3n) is 4.64. The molecule has 1 fully saturated rings. The number of hydrogen-bond acceptors (Lipinski definition) is 5. The molecule has 9 heteroatoms. The van der Waals surface area contributed by atoms with Crippen molar-refractivity contribution in [3.05, 3.63) is 35.9 Å². The minimum absolute atomic E-state index is 0.0453. The number of methoxy groups -OCH3 is 1. The first-order valence-corrected chi connectivity index (χ1v) is 10.3. The van der Waals surface area contributed by atoms with Crippen LogP contribution in [0.2, 0.25) is 0 Å². The first kappa shape index (κ1) is 21.3. The van der Waals surface area contributed by atoms with Crippen molar-refractivity contribution < 1.29 is 27.9 Å². The zero-order chi connectivity index (χ0) is 20.1. The fourth-order valence-electron chi connectivity index (χ4n) is 3.10. The standard InChI is InChI=1S/C18H26N2O6S/c1-18(13-26-2,17(22)23)19-16(21)15-9-6-10-20(11-15)27(24,25)12-14-7-4-3-5-8-14/h3-5,7-8,15H,6,9-13H2,1-2H3,(H,19,21)(H,22,23). The number of aliphatic carboxylic acids is 1. The highest BCUT2D eigenvalue weighted by atomic mass is 32.2. The summed E-state index contributed by atoms with van der Waals surface area (Å²) in [6.45, 7) is 1.58. The van der Waals surface area contributed by atoms with Crippen LogP contribution >= 0.6 is 0 Å². The summed E-state index contributed by atoms with van der Waals surface area (Å²) < 4.78 is 31.6. The number of sulfonamides is 1. The number of nitrogens with one attached hydrogen (secondary N) is 1. The maximum absolute atomic E-state index is 12.7. The van der Waals surface area contributed by atoms with Crippen LogP contribution in [-0.2, 0) is 30.1 Å². The van der Waals surface area contributed by atoms with Gasteiger partial charge in [-0.3, -0.25) is 4.79 Å². The van der Waals surface area contributed by atoms with E-state index in [1.165, 1.54) is 18.3 Å². The summed E-state index contributed by atoms with van der Waals surface area (Å²) in [5.74, 6) is -2.41. The van der Waals surface area contributed by atoms with Crippen LogP contribution in [-0.4, -0.2) is 62.1 Å². The van der Waals surface area contributed by atoms with Crippen LogP contribution in [0.15, 0.2) is 30.3 Å². The average molecular weight is 398 g/mol. The number of carbonyl (C=O) groups is 2. The molecule has 0 saturated carbocycles. The van der Waals surface area contributed by atoms with Gasteiger partial charge in [0.15, 0.2) is 5.54 Å². The zero-order valence-corrected chi connectivity index (χ0v) is 16.4. The summed E-state index contributed by atoms with van der Waals surface area (Å²) in [6, 6.07) is 8.86. The van der Waals surface area contributed by atoms with E-state index < -0.39 is 33.4 Å². The van der Waals surface area contributed by atoms with Gasteiger partial charge in [-0.15, -0.1) is 0 Å². The van der Waals surface area contributed by atoms with Crippen molar-refractivity contribution >= 4 is 21.9 Å². The molecule has 0 aromatic heterocycles. The third-order valence-corrected chi connectivity index (χ3v) is 6.46. The van der Waals surface area contributed by atoms with Gasteiger partial charge in [-0.25, -0.2) is 17.5 Å². The lowest BCUT2D eigenvalue weighted by Crippen LogP contribution is -2.58. The van der Waals surface area contributed by atoms with Crippen molar-refractivity contribution in [1.29, 1.82) is 0 Å². The molecule has 8 nitrogen and oxygen atoms in total. The molecule has 0 radical (unpaired) electrons. The second kappa shape index (κ2) is 8.81. The Morgan fingerprint density at radius 1 is 1.33 bits per heavy atom. The third kappa shape index (κ3) is 5.50. The van der Waals surface area contributed by atoms with E-state index in [1.54, 1.807) is 24.3 Å². The molecule has 2 rings (SSSR count). The molecule has 1 aromatic rings. The average Bonchev–Trinajstić information content (AvgIpc) is 2.62. The number of amides is 1. The van der Waals surface area contributed by atoms with Crippen molar-refractivity contribution in [3.8, 4) is 0 Å². The number of piperidine rings is 1. The van der Waals surface area contributed by atoms with Crippen molar-refractivity contribution in [2.45, 2.75) is 31.1 Å². The van der Waals surface area contributed by atoms with Gasteiger partial charge in [0, 0.05) is 20.2 Å². The van der Waals surface area contributed by atoms with E-state index in [4.69, 9.17) is 4.74 Å². The topological polar surface area (TPSA) is 113 Å². The predicted molar refractivity (Wildman–Crippen MR) is 99.4 cm³/mol. The SMILES string of the molecule is COCC(C)(NC(=O)C1CCCN(S(=O)(=O)Cc2ccccc2)C1)C(=O)O. The van der Waals surface area contributed by atoms with E-state index in [0.717, 1.165) is 0 Å². The van der Waals surface area contributed by atoms with E-state index >= 15 is 0 Å². The monoisotopic (exact) mass is 398 g/mol. The molecule has 27 heavy (non-hydrogen) atoms. The van der Waals surface area contributed by atoms with Crippen LogP contribution in [0.1, 0.15) is 25.3 Å². The number of nitrogens with zero attached hydrogens (tertiary/aromatic N) is 1. The summed E-state index contributed by atoms with van der Waals surface area (Å²) >= 11 is 0. The molecule has 150 valence electrons. The van der Waals surface area contributed by atoms with Crippen LogP contribution in [0.4, 0.5) is 0 Å². The van der Waals surface area contributed by atoms with Gasteiger partial charge in [-0.05, 0) is 25.3 Å². The molecule has 1 aromatic carbocycles. The van der Waals surface area contributed by atoms with Crippen LogP contribution in [0.25, 0.3) is 0 Å². The molecular formula is C18H26N2O6S. The van der Waals surface area contributed by atoms with Crippen molar-refractivity contribution in [2.75, 3.05) is 26.8 Å². The lowest BCUT2D eigenvalue weighted by molar-refractivity contribution is -0.150. The Hall–Kier alpha value is -1.97. The fourth-order valence-corrected chi connectivity index (χ4v) is 4.71. The van der Waals surface area contributed by atoms with E-state index in [0.29, 0.717) is 24.9 Å². The number of carbonyl (C=O) groups excluding carboxylic acids is 1. The van der Waals surface area contributed by atoms with Crippen molar-refractivity contribution in [2.24, 2.45) is 5.92 Å². The summed E-state index contributed by atoms with van der Waals surface area (Å²) in [4.78, 5) is 24.0. The Morgan fingerprint density at radius 3 is 2.59 bits per heavy atom. The fraction of sp³-hybridized carbons (Fsp3) is 0.556. The van der Waals surface area contributed by atoms with E-state index in [1.807, 2.05) is 6.07 Å². The van der Waals surface area contributed by atoms with E-state index in [9.17, 15) is 23.1 Å². The van der Waals surface area contributed by atoms with E-state index in [2.05, 4.69) is 5.32 Å². The molecule has 1 aliphatic heterocycles. The Balaban J connectivity index is 2.06. The van der Waals surface area contributed by atoms with E-state index in [-0.39, 0.29) is 18.9 Å². The Kier molecular flexibility index (Phi) is 6.96. The van der Waals surface area contributed by atoms with Gasteiger partial charge < -0.3 is 15.2 Å². The maximum atomic E-state index is 12.7. The Bertz CT molecular complexity index is 767.